The second-order valence-electron chi connectivity index (χ2n) is 5.85. The maximum Gasteiger partial charge on any atom is 0.227 e. The Morgan fingerprint density at radius 1 is 1.26 bits per heavy atom. The molecule has 1 aromatic carbocycles. The molecule has 1 aromatic rings. The number of hydrogen-bond donors (Lipinski definition) is 2. The van der Waals surface area contributed by atoms with Gasteiger partial charge < -0.3 is 20.1 Å². The summed E-state index contributed by atoms with van der Waals surface area (Å²) in [6.07, 6.45) is 1.82. The molecular formula is C18H28N2O3. The zero-order chi connectivity index (χ0) is 16.5. The summed E-state index contributed by atoms with van der Waals surface area (Å²) in [5.74, 6) is 0.241. The number of amides is 1. The highest BCUT2D eigenvalue weighted by Crippen LogP contribution is 2.22. The van der Waals surface area contributed by atoms with E-state index in [4.69, 9.17) is 9.47 Å². The van der Waals surface area contributed by atoms with E-state index in [-0.39, 0.29) is 11.8 Å². The minimum absolute atomic E-state index is 0.113. The van der Waals surface area contributed by atoms with E-state index in [1.165, 1.54) is 0 Å². The summed E-state index contributed by atoms with van der Waals surface area (Å²) >= 11 is 0. The van der Waals surface area contributed by atoms with Crippen LogP contribution in [0.25, 0.3) is 0 Å². The molecule has 0 spiro atoms. The molecule has 0 aliphatic carbocycles. The largest absolute Gasteiger partial charge is 0.379 e. The van der Waals surface area contributed by atoms with Crippen molar-refractivity contribution in [3.8, 4) is 0 Å². The van der Waals surface area contributed by atoms with Crippen LogP contribution in [0.3, 0.4) is 0 Å². The normalized spacial score (nSPS) is 15.6. The molecular weight excluding hydrogens is 292 g/mol. The first-order chi connectivity index (χ1) is 11.2. The van der Waals surface area contributed by atoms with Gasteiger partial charge in [-0.05, 0) is 57.0 Å². The molecule has 1 saturated heterocycles. The van der Waals surface area contributed by atoms with Crippen LogP contribution < -0.4 is 10.6 Å². The monoisotopic (exact) mass is 320 g/mol. The van der Waals surface area contributed by atoms with Gasteiger partial charge in [-0.1, -0.05) is 12.1 Å². The lowest BCUT2D eigenvalue weighted by Gasteiger charge is -2.22. The average molecular weight is 320 g/mol. The Morgan fingerprint density at radius 2 is 2.00 bits per heavy atom. The van der Waals surface area contributed by atoms with Gasteiger partial charge in [-0.15, -0.1) is 0 Å². The number of hydrogen-bond acceptors (Lipinski definition) is 4. The molecule has 5 nitrogen and oxygen atoms in total. The van der Waals surface area contributed by atoms with E-state index in [2.05, 4.69) is 10.6 Å². The standard InChI is InChI=1S/C18H28N2O3/c1-3-22-11-12-23-13-16-5-4-6-17(14(16)2)20-18(21)15-7-9-19-10-8-15/h4-6,15,19H,3,7-13H2,1-2H3,(H,20,21). The number of nitrogens with one attached hydrogen (secondary N) is 2. The van der Waals surface area contributed by atoms with Gasteiger partial charge in [0.2, 0.25) is 5.91 Å². The first kappa shape index (κ1) is 17.9. The summed E-state index contributed by atoms with van der Waals surface area (Å²) in [4.78, 5) is 12.4. The fourth-order valence-corrected chi connectivity index (χ4v) is 2.74. The van der Waals surface area contributed by atoms with Crippen molar-refractivity contribution in [2.75, 3.05) is 38.2 Å². The first-order valence-electron chi connectivity index (χ1n) is 8.48. The van der Waals surface area contributed by atoms with E-state index < -0.39 is 0 Å². The predicted octanol–water partition coefficient (Wildman–Crippen LogP) is 2.49. The van der Waals surface area contributed by atoms with Gasteiger partial charge in [0.25, 0.3) is 0 Å². The first-order valence-corrected chi connectivity index (χ1v) is 8.48. The number of rotatable bonds is 8. The second-order valence-corrected chi connectivity index (χ2v) is 5.85. The highest BCUT2D eigenvalue weighted by atomic mass is 16.5. The topological polar surface area (TPSA) is 59.6 Å². The van der Waals surface area contributed by atoms with Gasteiger partial charge in [-0.2, -0.15) is 0 Å². The van der Waals surface area contributed by atoms with Crippen LogP contribution in [-0.4, -0.2) is 38.8 Å². The van der Waals surface area contributed by atoms with Gasteiger partial charge in [-0.3, -0.25) is 4.79 Å². The number of carbonyl (C=O) groups is 1. The molecule has 0 bridgehead atoms. The lowest BCUT2D eigenvalue weighted by Crippen LogP contribution is -2.34. The van der Waals surface area contributed by atoms with Crippen molar-refractivity contribution in [1.82, 2.24) is 5.32 Å². The van der Waals surface area contributed by atoms with Crippen LogP contribution >= 0.6 is 0 Å². The molecule has 0 atom stereocenters. The van der Waals surface area contributed by atoms with Crippen LogP contribution in [0, 0.1) is 12.8 Å². The maximum atomic E-state index is 12.4. The molecule has 128 valence electrons. The van der Waals surface area contributed by atoms with E-state index in [0.29, 0.717) is 26.4 Å². The van der Waals surface area contributed by atoms with E-state index in [1.807, 2.05) is 32.0 Å². The lowest BCUT2D eigenvalue weighted by molar-refractivity contribution is -0.120. The zero-order valence-electron chi connectivity index (χ0n) is 14.2. The fraction of sp³-hybridized carbons (Fsp3) is 0.611. The third-order valence-corrected chi connectivity index (χ3v) is 4.25. The molecule has 2 rings (SSSR count). The molecule has 1 aliphatic heterocycles. The van der Waals surface area contributed by atoms with Crippen LogP contribution in [0.5, 0.6) is 0 Å². The molecule has 23 heavy (non-hydrogen) atoms. The smallest absolute Gasteiger partial charge is 0.227 e. The van der Waals surface area contributed by atoms with Crippen molar-refractivity contribution >= 4 is 11.6 Å². The number of piperidine rings is 1. The average Bonchev–Trinajstić information content (AvgIpc) is 2.58. The SMILES string of the molecule is CCOCCOCc1cccc(NC(=O)C2CCNCC2)c1C. The molecule has 1 aliphatic rings. The van der Waals surface area contributed by atoms with Gasteiger partial charge in [0, 0.05) is 18.2 Å². The van der Waals surface area contributed by atoms with Crippen LogP contribution in [-0.2, 0) is 20.9 Å². The summed E-state index contributed by atoms with van der Waals surface area (Å²) in [5, 5.41) is 6.37. The van der Waals surface area contributed by atoms with Crippen LogP contribution in [0.1, 0.15) is 30.9 Å². The fourth-order valence-electron chi connectivity index (χ4n) is 2.74. The highest BCUT2D eigenvalue weighted by molar-refractivity contribution is 5.93. The summed E-state index contributed by atoms with van der Waals surface area (Å²) < 4.78 is 10.9. The molecule has 1 heterocycles. The Hall–Kier alpha value is -1.43. The van der Waals surface area contributed by atoms with Gasteiger partial charge in [0.15, 0.2) is 0 Å². The Labute approximate surface area is 138 Å². The van der Waals surface area contributed by atoms with E-state index in [9.17, 15) is 4.79 Å². The highest BCUT2D eigenvalue weighted by Gasteiger charge is 2.21. The molecule has 2 N–H and O–H groups in total. The van der Waals surface area contributed by atoms with Crippen molar-refractivity contribution in [2.45, 2.75) is 33.3 Å². The summed E-state index contributed by atoms with van der Waals surface area (Å²) in [6.45, 7) is 8.28. The maximum absolute atomic E-state index is 12.4. The molecule has 1 fully saturated rings. The summed E-state index contributed by atoms with van der Waals surface area (Å²) in [5.41, 5.74) is 3.07. The van der Waals surface area contributed by atoms with E-state index >= 15 is 0 Å². The minimum atomic E-state index is 0.113. The predicted molar refractivity (Wildman–Crippen MR) is 91.6 cm³/mol. The number of benzene rings is 1. The van der Waals surface area contributed by atoms with Gasteiger partial charge in [-0.25, -0.2) is 0 Å². The molecule has 5 heteroatoms. The summed E-state index contributed by atoms with van der Waals surface area (Å²) in [7, 11) is 0. The van der Waals surface area contributed by atoms with Gasteiger partial charge >= 0.3 is 0 Å². The number of carbonyl (C=O) groups excluding carboxylic acids is 1. The van der Waals surface area contributed by atoms with Crippen LogP contribution in [0.15, 0.2) is 18.2 Å². The van der Waals surface area contributed by atoms with Crippen LogP contribution in [0.4, 0.5) is 5.69 Å². The molecule has 0 aromatic heterocycles. The Morgan fingerprint density at radius 3 is 2.74 bits per heavy atom. The van der Waals surface area contributed by atoms with Gasteiger partial charge in [0.1, 0.15) is 0 Å². The molecule has 0 radical (unpaired) electrons. The van der Waals surface area contributed by atoms with Crippen LogP contribution in [0.2, 0.25) is 0 Å². The number of anilines is 1. The number of ether oxygens (including phenoxy) is 2. The third-order valence-electron chi connectivity index (χ3n) is 4.25. The Balaban J connectivity index is 1.89. The summed E-state index contributed by atoms with van der Waals surface area (Å²) in [6, 6.07) is 5.96. The van der Waals surface area contributed by atoms with E-state index in [1.54, 1.807) is 0 Å². The van der Waals surface area contributed by atoms with Crippen molar-refractivity contribution in [2.24, 2.45) is 5.92 Å². The second kappa shape index (κ2) is 9.65. The van der Waals surface area contributed by atoms with Gasteiger partial charge in [0.05, 0.1) is 19.8 Å². The van der Waals surface area contributed by atoms with Crippen molar-refractivity contribution < 1.29 is 14.3 Å². The minimum Gasteiger partial charge on any atom is -0.379 e. The van der Waals surface area contributed by atoms with Crippen molar-refractivity contribution in [3.05, 3.63) is 29.3 Å². The van der Waals surface area contributed by atoms with Crippen molar-refractivity contribution in [1.29, 1.82) is 0 Å². The molecule has 1 amide bonds. The van der Waals surface area contributed by atoms with Crippen molar-refractivity contribution in [3.63, 3.8) is 0 Å². The zero-order valence-corrected chi connectivity index (χ0v) is 14.2. The Kier molecular flexibility index (Phi) is 7.52. The third kappa shape index (κ3) is 5.61. The molecule has 0 unspecified atom stereocenters. The van der Waals surface area contributed by atoms with E-state index in [0.717, 1.165) is 42.7 Å². The quantitative estimate of drug-likeness (QED) is 0.723. The lowest BCUT2D eigenvalue weighted by atomic mass is 9.97. The Bertz CT molecular complexity index is 499. The molecule has 0 saturated carbocycles.